The topological polar surface area (TPSA) is 44.4 Å². The van der Waals surface area contributed by atoms with Gasteiger partial charge in [-0.05, 0) is 57.5 Å². The van der Waals surface area contributed by atoms with Crippen molar-refractivity contribution in [3.8, 4) is 0 Å². The van der Waals surface area contributed by atoms with Gasteiger partial charge in [0.1, 0.15) is 0 Å². The summed E-state index contributed by atoms with van der Waals surface area (Å²) >= 11 is 0. The Bertz CT molecular complexity index is 487. The van der Waals surface area contributed by atoms with Gasteiger partial charge in [0.25, 0.3) is 5.91 Å². The molecule has 1 heterocycles. The molecular weight excluding hydrogens is 250 g/mol. The number of carbonyl (C=O) groups excluding carboxylic acids is 1. The van der Waals surface area contributed by atoms with Crippen LogP contribution >= 0.6 is 0 Å². The molecule has 1 aliphatic heterocycles. The lowest BCUT2D eigenvalue weighted by atomic mass is 9.98. The fourth-order valence-electron chi connectivity index (χ4n) is 2.76. The first kappa shape index (κ1) is 14.9. The van der Waals surface area contributed by atoms with Crippen molar-refractivity contribution < 1.29 is 4.79 Å². The van der Waals surface area contributed by atoms with Gasteiger partial charge in [-0.2, -0.15) is 0 Å². The Hall–Kier alpha value is -1.55. The number of anilines is 1. The highest BCUT2D eigenvalue weighted by Gasteiger charge is 2.24. The summed E-state index contributed by atoms with van der Waals surface area (Å²) in [5.41, 5.74) is 2.82. The number of nitrogens with zero attached hydrogens (tertiary/aromatic N) is 1. The lowest BCUT2D eigenvalue weighted by Gasteiger charge is -2.35. The van der Waals surface area contributed by atoms with Gasteiger partial charge in [-0.3, -0.25) is 4.79 Å². The zero-order chi connectivity index (χ0) is 14.7. The smallest absolute Gasteiger partial charge is 0.251 e. The summed E-state index contributed by atoms with van der Waals surface area (Å²) in [5.74, 6) is 0.0481. The van der Waals surface area contributed by atoms with Gasteiger partial charge in [-0.1, -0.05) is 0 Å². The molecule has 1 fully saturated rings. The minimum Gasteiger partial charge on any atom is -0.388 e. The van der Waals surface area contributed by atoms with Crippen molar-refractivity contribution in [1.82, 2.24) is 10.2 Å². The lowest BCUT2D eigenvalue weighted by Crippen LogP contribution is -2.47. The Morgan fingerprint density at radius 1 is 1.40 bits per heavy atom. The largest absolute Gasteiger partial charge is 0.388 e. The maximum Gasteiger partial charge on any atom is 0.251 e. The fraction of sp³-hybridized carbons (Fsp3) is 0.562. The molecule has 2 atom stereocenters. The third-order valence-electron chi connectivity index (χ3n) is 4.30. The molecule has 2 unspecified atom stereocenters. The maximum absolute atomic E-state index is 12.4. The highest BCUT2D eigenvalue weighted by atomic mass is 16.1. The standard InChI is InChI=1S/C16H25N3O/c1-11-9-13(17-3)5-6-15(11)16(20)18-14-7-8-19(4)12(2)10-14/h5-6,9,12,14,17H,7-8,10H2,1-4H3,(H,18,20). The van der Waals surface area contributed by atoms with Gasteiger partial charge in [0, 0.05) is 36.9 Å². The Kier molecular flexibility index (Phi) is 4.65. The number of piperidine rings is 1. The zero-order valence-corrected chi connectivity index (χ0v) is 12.9. The van der Waals surface area contributed by atoms with Crippen LogP contribution in [0.1, 0.15) is 35.7 Å². The van der Waals surface area contributed by atoms with Crippen LogP contribution in [0.3, 0.4) is 0 Å². The summed E-state index contributed by atoms with van der Waals surface area (Å²) in [5, 5.41) is 6.27. The van der Waals surface area contributed by atoms with Crippen molar-refractivity contribution in [2.24, 2.45) is 0 Å². The number of benzene rings is 1. The van der Waals surface area contributed by atoms with Crippen LogP contribution in [0.4, 0.5) is 5.69 Å². The molecule has 0 radical (unpaired) electrons. The second-order valence-corrected chi connectivity index (χ2v) is 5.80. The lowest BCUT2D eigenvalue weighted by molar-refractivity contribution is 0.0896. The number of hydrogen-bond donors (Lipinski definition) is 2. The van der Waals surface area contributed by atoms with Crippen molar-refractivity contribution in [2.45, 2.75) is 38.8 Å². The predicted molar refractivity (Wildman–Crippen MR) is 83.3 cm³/mol. The molecular formula is C16H25N3O. The predicted octanol–water partition coefficient (Wildman–Crippen LogP) is 2.25. The molecule has 1 amide bonds. The summed E-state index contributed by atoms with van der Waals surface area (Å²) in [6, 6.07) is 6.67. The molecule has 1 aromatic rings. The second kappa shape index (κ2) is 6.27. The summed E-state index contributed by atoms with van der Waals surface area (Å²) in [7, 11) is 4.03. The van der Waals surface area contributed by atoms with Crippen LogP contribution in [-0.2, 0) is 0 Å². The van der Waals surface area contributed by atoms with Crippen molar-refractivity contribution in [2.75, 3.05) is 26.0 Å². The molecule has 4 nitrogen and oxygen atoms in total. The van der Waals surface area contributed by atoms with Gasteiger partial charge in [0.15, 0.2) is 0 Å². The number of rotatable bonds is 3. The number of nitrogens with one attached hydrogen (secondary N) is 2. The van der Waals surface area contributed by atoms with Crippen LogP contribution in [0.2, 0.25) is 0 Å². The molecule has 0 aliphatic carbocycles. The molecule has 0 aromatic heterocycles. The Balaban J connectivity index is 2.01. The van der Waals surface area contributed by atoms with E-state index in [1.54, 1.807) is 0 Å². The fourth-order valence-corrected chi connectivity index (χ4v) is 2.76. The highest BCUT2D eigenvalue weighted by molar-refractivity contribution is 5.96. The normalized spacial score (nSPS) is 23.4. The van der Waals surface area contributed by atoms with Crippen LogP contribution in [0.25, 0.3) is 0 Å². The van der Waals surface area contributed by atoms with E-state index in [2.05, 4.69) is 29.5 Å². The zero-order valence-electron chi connectivity index (χ0n) is 12.9. The van der Waals surface area contributed by atoms with E-state index in [1.165, 1.54) is 0 Å². The monoisotopic (exact) mass is 275 g/mol. The van der Waals surface area contributed by atoms with Crippen LogP contribution in [0.5, 0.6) is 0 Å². The molecule has 2 rings (SSSR count). The average molecular weight is 275 g/mol. The van der Waals surface area contributed by atoms with Crippen molar-refractivity contribution >= 4 is 11.6 Å². The molecule has 0 spiro atoms. The summed E-state index contributed by atoms with van der Waals surface area (Å²) < 4.78 is 0. The van der Waals surface area contributed by atoms with Crippen molar-refractivity contribution in [1.29, 1.82) is 0 Å². The Morgan fingerprint density at radius 2 is 2.15 bits per heavy atom. The van der Waals surface area contributed by atoms with Gasteiger partial charge < -0.3 is 15.5 Å². The van der Waals surface area contributed by atoms with Gasteiger partial charge in [-0.25, -0.2) is 0 Å². The quantitative estimate of drug-likeness (QED) is 0.889. The van der Waals surface area contributed by atoms with Crippen molar-refractivity contribution in [3.63, 3.8) is 0 Å². The second-order valence-electron chi connectivity index (χ2n) is 5.80. The summed E-state index contributed by atoms with van der Waals surface area (Å²) in [6.45, 7) is 5.24. The van der Waals surface area contributed by atoms with E-state index in [0.29, 0.717) is 6.04 Å². The molecule has 0 saturated carbocycles. The van der Waals surface area contributed by atoms with Crippen LogP contribution < -0.4 is 10.6 Å². The van der Waals surface area contributed by atoms with E-state index >= 15 is 0 Å². The molecule has 4 heteroatoms. The number of likely N-dealkylation sites (tertiary alicyclic amines) is 1. The van der Waals surface area contributed by atoms with Crippen LogP contribution in [0.15, 0.2) is 18.2 Å². The summed E-state index contributed by atoms with van der Waals surface area (Å²) in [4.78, 5) is 14.7. The van der Waals surface area contributed by atoms with E-state index in [0.717, 1.165) is 36.2 Å². The molecule has 1 aromatic carbocycles. The van der Waals surface area contributed by atoms with Crippen LogP contribution in [-0.4, -0.2) is 43.5 Å². The third kappa shape index (κ3) is 3.31. The first-order chi connectivity index (χ1) is 9.51. The number of hydrogen-bond acceptors (Lipinski definition) is 3. The van der Waals surface area contributed by atoms with Gasteiger partial charge in [0.2, 0.25) is 0 Å². The first-order valence-corrected chi connectivity index (χ1v) is 7.30. The highest BCUT2D eigenvalue weighted by Crippen LogP contribution is 2.18. The van der Waals surface area contributed by atoms with Crippen LogP contribution in [0, 0.1) is 6.92 Å². The molecule has 1 saturated heterocycles. The van der Waals surface area contributed by atoms with Gasteiger partial charge in [-0.15, -0.1) is 0 Å². The molecule has 0 bridgehead atoms. The maximum atomic E-state index is 12.4. The SMILES string of the molecule is CNc1ccc(C(=O)NC2CCN(C)C(C)C2)c(C)c1. The van der Waals surface area contributed by atoms with E-state index < -0.39 is 0 Å². The first-order valence-electron chi connectivity index (χ1n) is 7.30. The van der Waals surface area contributed by atoms with Gasteiger partial charge >= 0.3 is 0 Å². The number of aryl methyl sites for hydroxylation is 1. The minimum atomic E-state index is 0.0481. The Morgan fingerprint density at radius 3 is 2.75 bits per heavy atom. The Labute approximate surface area is 121 Å². The number of carbonyl (C=O) groups is 1. The molecule has 1 aliphatic rings. The van der Waals surface area contributed by atoms with E-state index in [4.69, 9.17) is 0 Å². The minimum absolute atomic E-state index is 0.0481. The van der Waals surface area contributed by atoms with Crippen molar-refractivity contribution in [3.05, 3.63) is 29.3 Å². The summed E-state index contributed by atoms with van der Waals surface area (Å²) in [6.07, 6.45) is 2.05. The van der Waals surface area contributed by atoms with E-state index in [1.807, 2.05) is 32.2 Å². The third-order valence-corrected chi connectivity index (χ3v) is 4.30. The molecule has 110 valence electrons. The van der Waals surface area contributed by atoms with E-state index in [9.17, 15) is 4.79 Å². The number of amides is 1. The van der Waals surface area contributed by atoms with Gasteiger partial charge in [0.05, 0.1) is 0 Å². The molecule has 2 N–H and O–H groups in total. The van der Waals surface area contributed by atoms with E-state index in [-0.39, 0.29) is 11.9 Å². The average Bonchev–Trinajstić information content (AvgIpc) is 2.42. The molecule has 20 heavy (non-hydrogen) atoms.